The number of ether oxygens (including phenoxy) is 2. The first-order chi connectivity index (χ1) is 14.8. The Bertz CT molecular complexity index is 1040. The van der Waals surface area contributed by atoms with Crippen molar-refractivity contribution in [2.45, 2.75) is 31.8 Å². The Hall–Kier alpha value is -3.62. The van der Waals surface area contributed by atoms with Crippen LogP contribution in [-0.4, -0.2) is 44.8 Å². The van der Waals surface area contributed by atoms with Crippen LogP contribution in [-0.2, 0) is 11.3 Å². The van der Waals surface area contributed by atoms with Crippen LogP contribution in [0.1, 0.15) is 24.8 Å². The molecule has 9 heteroatoms. The minimum atomic E-state index is 0.0217. The average molecular weight is 406 g/mol. The lowest BCUT2D eigenvalue weighted by Crippen LogP contribution is -2.35. The molecule has 1 saturated heterocycles. The SMILES string of the molecule is O=C(CC1CCCN1c1ccnc(-n2ccnc2)n1)NCc1ccc2c(c1)OCO2. The van der Waals surface area contributed by atoms with Crippen LogP contribution in [0.3, 0.4) is 0 Å². The molecule has 0 spiro atoms. The normalized spacial score (nSPS) is 17.3. The molecule has 0 bridgehead atoms. The zero-order valence-corrected chi connectivity index (χ0v) is 16.4. The van der Waals surface area contributed by atoms with Gasteiger partial charge in [0.25, 0.3) is 0 Å². The number of anilines is 1. The number of amides is 1. The molecule has 1 aromatic carbocycles. The third-order valence-electron chi connectivity index (χ3n) is 5.38. The van der Waals surface area contributed by atoms with Crippen LogP contribution < -0.4 is 19.7 Å². The Labute approximate surface area is 173 Å². The second kappa shape index (κ2) is 8.02. The third kappa shape index (κ3) is 3.78. The van der Waals surface area contributed by atoms with E-state index < -0.39 is 0 Å². The zero-order chi connectivity index (χ0) is 20.3. The molecule has 0 radical (unpaired) electrons. The van der Waals surface area contributed by atoms with Gasteiger partial charge in [-0.05, 0) is 36.6 Å². The van der Waals surface area contributed by atoms with Crippen molar-refractivity contribution >= 4 is 11.7 Å². The van der Waals surface area contributed by atoms with Crippen LogP contribution in [0.25, 0.3) is 5.95 Å². The third-order valence-corrected chi connectivity index (χ3v) is 5.38. The molecule has 1 atom stereocenters. The van der Waals surface area contributed by atoms with E-state index in [-0.39, 0.29) is 18.7 Å². The van der Waals surface area contributed by atoms with E-state index >= 15 is 0 Å². The number of hydrogen-bond donors (Lipinski definition) is 1. The number of fused-ring (bicyclic) bond motifs is 1. The Morgan fingerprint density at radius 1 is 1.20 bits per heavy atom. The molecule has 5 rings (SSSR count). The molecule has 1 unspecified atom stereocenters. The van der Waals surface area contributed by atoms with Crippen molar-refractivity contribution in [1.82, 2.24) is 24.8 Å². The van der Waals surface area contributed by atoms with Crippen molar-refractivity contribution in [3.05, 3.63) is 54.7 Å². The molecule has 0 saturated carbocycles. The van der Waals surface area contributed by atoms with Gasteiger partial charge in [-0.3, -0.25) is 9.36 Å². The monoisotopic (exact) mass is 406 g/mol. The first-order valence-corrected chi connectivity index (χ1v) is 9.99. The molecule has 1 N–H and O–H groups in total. The van der Waals surface area contributed by atoms with Gasteiger partial charge >= 0.3 is 0 Å². The molecule has 1 fully saturated rings. The largest absolute Gasteiger partial charge is 0.454 e. The highest BCUT2D eigenvalue weighted by molar-refractivity contribution is 5.77. The van der Waals surface area contributed by atoms with Crippen molar-refractivity contribution in [3.8, 4) is 17.4 Å². The summed E-state index contributed by atoms with van der Waals surface area (Å²) in [5.41, 5.74) is 0.983. The number of nitrogens with zero attached hydrogens (tertiary/aromatic N) is 5. The van der Waals surface area contributed by atoms with E-state index in [9.17, 15) is 4.79 Å². The molecule has 4 heterocycles. The molecular weight excluding hydrogens is 384 g/mol. The summed E-state index contributed by atoms with van der Waals surface area (Å²) in [6, 6.07) is 7.72. The highest BCUT2D eigenvalue weighted by Crippen LogP contribution is 2.32. The van der Waals surface area contributed by atoms with Crippen molar-refractivity contribution < 1.29 is 14.3 Å². The summed E-state index contributed by atoms with van der Waals surface area (Å²) in [4.78, 5) is 27.8. The van der Waals surface area contributed by atoms with Crippen LogP contribution in [0.5, 0.6) is 11.5 Å². The fraction of sp³-hybridized carbons (Fsp3) is 0.333. The van der Waals surface area contributed by atoms with Crippen molar-refractivity contribution in [2.75, 3.05) is 18.2 Å². The maximum absolute atomic E-state index is 12.6. The first kappa shape index (κ1) is 18.4. The van der Waals surface area contributed by atoms with Crippen LogP contribution >= 0.6 is 0 Å². The van der Waals surface area contributed by atoms with Gasteiger partial charge in [0.2, 0.25) is 18.6 Å². The lowest BCUT2D eigenvalue weighted by Gasteiger charge is -2.25. The predicted octanol–water partition coefficient (Wildman–Crippen LogP) is 2.07. The van der Waals surface area contributed by atoms with E-state index in [1.165, 1.54) is 0 Å². The van der Waals surface area contributed by atoms with E-state index in [0.717, 1.165) is 42.3 Å². The van der Waals surface area contributed by atoms with E-state index in [4.69, 9.17) is 9.47 Å². The van der Waals surface area contributed by atoms with E-state index in [1.807, 2.05) is 30.5 Å². The Kier molecular flexibility index (Phi) is 4.92. The summed E-state index contributed by atoms with van der Waals surface area (Å²) >= 11 is 0. The molecular formula is C21H22N6O3. The maximum Gasteiger partial charge on any atom is 0.236 e. The standard InChI is InChI=1S/C21H22N6O3/c28-20(24-12-15-3-4-17-18(10-15)30-14-29-17)11-16-2-1-8-27(16)19-5-6-23-21(25-19)26-9-7-22-13-26/h3-7,9-10,13,16H,1-2,8,11-12,14H2,(H,24,28). The van der Waals surface area contributed by atoms with E-state index in [0.29, 0.717) is 18.9 Å². The van der Waals surface area contributed by atoms with Crippen LogP contribution in [0.2, 0.25) is 0 Å². The summed E-state index contributed by atoms with van der Waals surface area (Å²) in [7, 11) is 0. The van der Waals surface area contributed by atoms with Crippen LogP contribution in [0, 0.1) is 0 Å². The van der Waals surface area contributed by atoms with Gasteiger partial charge in [0.05, 0.1) is 0 Å². The average Bonchev–Trinajstić information content (AvgIpc) is 3.53. The van der Waals surface area contributed by atoms with Gasteiger partial charge in [0.1, 0.15) is 12.1 Å². The van der Waals surface area contributed by atoms with Crippen LogP contribution in [0.15, 0.2) is 49.2 Å². The summed E-state index contributed by atoms with van der Waals surface area (Å²) in [5.74, 6) is 2.89. The Morgan fingerprint density at radius 3 is 3.03 bits per heavy atom. The molecule has 0 aliphatic carbocycles. The molecule has 2 aromatic heterocycles. The number of imidazole rings is 1. The summed E-state index contributed by atoms with van der Waals surface area (Å²) < 4.78 is 12.5. The fourth-order valence-electron chi connectivity index (χ4n) is 3.89. The van der Waals surface area contributed by atoms with Gasteiger partial charge < -0.3 is 19.7 Å². The summed E-state index contributed by atoms with van der Waals surface area (Å²) in [5, 5.41) is 3.02. The van der Waals surface area contributed by atoms with Crippen LogP contribution in [0.4, 0.5) is 5.82 Å². The number of nitrogens with one attached hydrogen (secondary N) is 1. The molecule has 2 aliphatic heterocycles. The molecule has 2 aliphatic rings. The lowest BCUT2D eigenvalue weighted by molar-refractivity contribution is -0.121. The van der Waals surface area contributed by atoms with Crippen molar-refractivity contribution in [2.24, 2.45) is 0 Å². The zero-order valence-electron chi connectivity index (χ0n) is 16.4. The smallest absolute Gasteiger partial charge is 0.236 e. The first-order valence-electron chi connectivity index (χ1n) is 9.99. The topological polar surface area (TPSA) is 94.4 Å². The van der Waals surface area contributed by atoms with Gasteiger partial charge in [-0.15, -0.1) is 0 Å². The summed E-state index contributed by atoms with van der Waals surface area (Å²) in [6.07, 6.45) is 9.33. The highest BCUT2D eigenvalue weighted by Gasteiger charge is 2.28. The maximum atomic E-state index is 12.6. The van der Waals surface area contributed by atoms with Gasteiger partial charge in [0, 0.05) is 44.1 Å². The molecule has 30 heavy (non-hydrogen) atoms. The number of carbonyl (C=O) groups excluding carboxylic acids is 1. The fourth-order valence-corrected chi connectivity index (χ4v) is 3.89. The van der Waals surface area contributed by atoms with Gasteiger partial charge in [-0.25, -0.2) is 9.97 Å². The van der Waals surface area contributed by atoms with Gasteiger partial charge in [-0.2, -0.15) is 4.98 Å². The quantitative estimate of drug-likeness (QED) is 0.670. The number of benzene rings is 1. The number of rotatable bonds is 6. The number of aromatic nitrogens is 4. The number of carbonyl (C=O) groups is 1. The minimum absolute atomic E-state index is 0.0217. The van der Waals surface area contributed by atoms with Gasteiger partial charge in [0.15, 0.2) is 11.5 Å². The molecule has 154 valence electrons. The lowest BCUT2D eigenvalue weighted by atomic mass is 10.1. The molecule has 3 aromatic rings. The van der Waals surface area contributed by atoms with E-state index in [1.54, 1.807) is 23.3 Å². The second-order valence-electron chi connectivity index (χ2n) is 7.34. The highest BCUT2D eigenvalue weighted by atomic mass is 16.7. The van der Waals surface area contributed by atoms with Crippen molar-refractivity contribution in [1.29, 1.82) is 0 Å². The Balaban J connectivity index is 1.21. The number of hydrogen-bond acceptors (Lipinski definition) is 7. The predicted molar refractivity (Wildman–Crippen MR) is 109 cm³/mol. The van der Waals surface area contributed by atoms with E-state index in [2.05, 4.69) is 25.2 Å². The molecule has 9 nitrogen and oxygen atoms in total. The summed E-state index contributed by atoms with van der Waals surface area (Å²) in [6.45, 7) is 1.58. The molecule has 1 amide bonds. The Morgan fingerprint density at radius 2 is 2.13 bits per heavy atom. The van der Waals surface area contributed by atoms with Crippen molar-refractivity contribution in [3.63, 3.8) is 0 Å². The van der Waals surface area contributed by atoms with Gasteiger partial charge in [-0.1, -0.05) is 6.07 Å². The minimum Gasteiger partial charge on any atom is -0.454 e. The second-order valence-corrected chi connectivity index (χ2v) is 7.34.